The average Bonchev–Trinajstić information content (AvgIpc) is 3.46. The van der Waals surface area contributed by atoms with Crippen LogP contribution in [0, 0.1) is 0 Å². The zero-order valence-electron chi connectivity index (χ0n) is 19.3. The van der Waals surface area contributed by atoms with Crippen LogP contribution in [0.4, 0.5) is 0 Å². The van der Waals surface area contributed by atoms with Gasteiger partial charge < -0.3 is 14.8 Å². The molecule has 1 aromatic heterocycles. The van der Waals surface area contributed by atoms with Gasteiger partial charge in [-0.25, -0.2) is 4.98 Å². The monoisotopic (exact) mass is 463 g/mol. The smallest absolute Gasteiger partial charge is 0.319 e. The van der Waals surface area contributed by atoms with Gasteiger partial charge in [0.1, 0.15) is 10.8 Å². The third-order valence-corrected chi connectivity index (χ3v) is 6.79. The number of esters is 1. The van der Waals surface area contributed by atoms with Crippen molar-refractivity contribution in [3.05, 3.63) is 59.3 Å². The fraction of sp³-hybridized carbons (Fsp3) is 0.346. The normalized spacial score (nSPS) is 14.8. The summed E-state index contributed by atoms with van der Waals surface area (Å²) >= 11 is 1.68. The molecule has 0 aliphatic heterocycles. The van der Waals surface area contributed by atoms with Crippen molar-refractivity contribution in [2.45, 2.75) is 45.4 Å². The van der Waals surface area contributed by atoms with Crippen molar-refractivity contribution in [3.63, 3.8) is 0 Å². The molecule has 0 saturated carbocycles. The maximum absolute atomic E-state index is 11.5. The van der Waals surface area contributed by atoms with Crippen LogP contribution < -0.4 is 10.1 Å². The number of carbonyl (C=O) groups excluding carboxylic acids is 1. The van der Waals surface area contributed by atoms with E-state index in [0.29, 0.717) is 6.54 Å². The number of rotatable bonds is 9. The predicted octanol–water partition coefficient (Wildman–Crippen LogP) is 5.21. The van der Waals surface area contributed by atoms with E-state index in [0.717, 1.165) is 39.6 Å². The average molecular weight is 464 g/mol. The zero-order valence-corrected chi connectivity index (χ0v) is 20.1. The number of carbonyl (C=O) groups is 1. The highest BCUT2D eigenvalue weighted by atomic mass is 32.1. The van der Waals surface area contributed by atoms with Crippen LogP contribution in [0.5, 0.6) is 5.75 Å². The Morgan fingerprint density at radius 1 is 1.33 bits per heavy atom. The predicted molar refractivity (Wildman–Crippen MR) is 133 cm³/mol. The molecule has 33 heavy (non-hydrogen) atoms. The molecule has 1 atom stereocenters. The fourth-order valence-corrected chi connectivity index (χ4v) is 5.20. The molecule has 0 radical (unpaired) electrons. The lowest BCUT2D eigenvalue weighted by molar-refractivity contribution is -0.139. The number of hydrogen-bond acceptors (Lipinski definition) is 7. The van der Waals surface area contributed by atoms with Crippen LogP contribution in [-0.2, 0) is 22.5 Å². The van der Waals surface area contributed by atoms with Crippen LogP contribution in [0.3, 0.4) is 0 Å². The molecule has 0 unspecified atom stereocenters. The number of aromatic nitrogens is 1. The number of benzene rings is 2. The highest BCUT2D eigenvalue weighted by Crippen LogP contribution is 2.41. The van der Waals surface area contributed by atoms with Gasteiger partial charge in [0, 0.05) is 23.4 Å². The van der Waals surface area contributed by atoms with Gasteiger partial charge in [0.2, 0.25) is 0 Å². The van der Waals surface area contributed by atoms with E-state index < -0.39 is 0 Å². The topological polar surface area (TPSA) is 72.8 Å². The Labute approximate surface area is 198 Å². The van der Waals surface area contributed by atoms with Gasteiger partial charge in [0.15, 0.2) is 0 Å². The number of methoxy groups -OCH3 is 1. The van der Waals surface area contributed by atoms with E-state index >= 15 is 0 Å². The Morgan fingerprint density at radius 3 is 2.94 bits per heavy atom. The van der Waals surface area contributed by atoms with Crippen LogP contribution in [0.15, 0.2) is 47.6 Å². The van der Waals surface area contributed by atoms with Crippen molar-refractivity contribution in [2.75, 3.05) is 13.7 Å². The first-order chi connectivity index (χ1) is 16.0. The van der Waals surface area contributed by atoms with E-state index in [4.69, 9.17) is 14.5 Å². The van der Waals surface area contributed by atoms with Gasteiger partial charge in [-0.3, -0.25) is 9.79 Å². The highest BCUT2D eigenvalue weighted by Gasteiger charge is 2.26. The van der Waals surface area contributed by atoms with Gasteiger partial charge in [-0.1, -0.05) is 18.2 Å². The lowest BCUT2D eigenvalue weighted by atomic mass is 10.0. The van der Waals surface area contributed by atoms with Gasteiger partial charge in [0.05, 0.1) is 31.2 Å². The van der Waals surface area contributed by atoms with Crippen molar-refractivity contribution < 1.29 is 14.3 Å². The Kier molecular flexibility index (Phi) is 7.20. The second kappa shape index (κ2) is 10.3. The van der Waals surface area contributed by atoms with E-state index in [-0.39, 0.29) is 24.7 Å². The third kappa shape index (κ3) is 5.15. The molecule has 1 heterocycles. The van der Waals surface area contributed by atoms with E-state index in [1.165, 1.54) is 23.8 Å². The van der Waals surface area contributed by atoms with Crippen LogP contribution in [-0.4, -0.2) is 37.4 Å². The fourth-order valence-electron chi connectivity index (χ4n) is 4.23. The maximum atomic E-state index is 11.5. The van der Waals surface area contributed by atoms with Crippen molar-refractivity contribution in [2.24, 2.45) is 4.99 Å². The SMILES string of the molecule is C=NCc1cc(-c2ncc(-c3cccc4c3CC[C@@H]4NCC(=O)OC)s2)ccc1OC(C)C. The van der Waals surface area contributed by atoms with E-state index in [2.05, 4.69) is 47.4 Å². The summed E-state index contributed by atoms with van der Waals surface area (Å²) < 4.78 is 10.7. The summed E-state index contributed by atoms with van der Waals surface area (Å²) in [5, 5.41) is 4.28. The number of nitrogens with one attached hydrogen (secondary N) is 1. The third-order valence-electron chi connectivity index (χ3n) is 5.71. The lowest BCUT2D eigenvalue weighted by Gasteiger charge is -2.14. The summed E-state index contributed by atoms with van der Waals surface area (Å²) in [5.41, 5.74) is 5.85. The van der Waals surface area contributed by atoms with E-state index in [1.807, 2.05) is 26.1 Å². The number of aliphatic imine (C=N–C) groups is 1. The number of nitrogens with zero attached hydrogens (tertiary/aromatic N) is 2. The standard InChI is InChI=1S/C26H29N3O3S/c1-16(2)32-23-11-8-17(12-18(23)13-27-3)26-29-14-24(33-26)21-7-5-6-20-19(21)9-10-22(20)28-15-25(30)31-4/h5-8,11-12,14,16,22,28H,3,9-10,13,15H2,1-2,4H3/t22-/m0/s1. The molecular weight excluding hydrogens is 434 g/mol. The zero-order chi connectivity index (χ0) is 23.4. The summed E-state index contributed by atoms with van der Waals surface area (Å²) in [6, 6.07) is 12.7. The molecule has 1 aliphatic rings. The molecule has 0 bridgehead atoms. The first-order valence-corrected chi connectivity index (χ1v) is 11.9. The quantitative estimate of drug-likeness (QED) is 0.348. The molecule has 3 aromatic rings. The summed E-state index contributed by atoms with van der Waals surface area (Å²) in [4.78, 5) is 21.5. The molecular formula is C26H29N3O3S. The molecule has 0 spiro atoms. The second-order valence-corrected chi connectivity index (χ2v) is 9.35. The van der Waals surface area contributed by atoms with Crippen molar-refractivity contribution in [1.29, 1.82) is 0 Å². The number of ether oxygens (including phenoxy) is 2. The molecule has 0 amide bonds. The summed E-state index contributed by atoms with van der Waals surface area (Å²) in [5.74, 6) is 0.590. The molecule has 0 saturated heterocycles. The summed E-state index contributed by atoms with van der Waals surface area (Å²) in [6.45, 7) is 8.38. The number of thiazole rings is 1. The van der Waals surface area contributed by atoms with Gasteiger partial charge in [-0.05, 0) is 68.3 Å². The van der Waals surface area contributed by atoms with E-state index in [1.54, 1.807) is 11.3 Å². The van der Waals surface area contributed by atoms with Crippen LogP contribution in [0.25, 0.3) is 21.0 Å². The molecule has 0 fully saturated rings. The Hall–Kier alpha value is -3.03. The van der Waals surface area contributed by atoms with Gasteiger partial charge >= 0.3 is 5.97 Å². The second-order valence-electron chi connectivity index (χ2n) is 8.32. The lowest BCUT2D eigenvalue weighted by Crippen LogP contribution is -2.27. The molecule has 7 heteroatoms. The minimum atomic E-state index is -0.248. The molecule has 4 rings (SSSR count). The molecule has 1 N–H and O–H groups in total. The summed E-state index contributed by atoms with van der Waals surface area (Å²) in [7, 11) is 1.41. The molecule has 1 aliphatic carbocycles. The Morgan fingerprint density at radius 2 is 2.18 bits per heavy atom. The Bertz CT molecular complexity index is 1160. The summed E-state index contributed by atoms with van der Waals surface area (Å²) in [6.07, 6.45) is 3.98. The van der Waals surface area contributed by atoms with Gasteiger partial charge in [-0.15, -0.1) is 11.3 Å². The van der Waals surface area contributed by atoms with Crippen molar-refractivity contribution >= 4 is 24.0 Å². The van der Waals surface area contributed by atoms with Gasteiger partial charge in [-0.2, -0.15) is 0 Å². The molecule has 6 nitrogen and oxygen atoms in total. The first kappa shape index (κ1) is 23.1. The Balaban J connectivity index is 1.60. The van der Waals surface area contributed by atoms with Crippen LogP contribution in [0.2, 0.25) is 0 Å². The first-order valence-electron chi connectivity index (χ1n) is 11.1. The van der Waals surface area contributed by atoms with Crippen LogP contribution in [0.1, 0.15) is 43.0 Å². The van der Waals surface area contributed by atoms with Crippen molar-refractivity contribution in [1.82, 2.24) is 10.3 Å². The van der Waals surface area contributed by atoms with Gasteiger partial charge in [0.25, 0.3) is 0 Å². The largest absolute Gasteiger partial charge is 0.491 e. The van der Waals surface area contributed by atoms with Crippen molar-refractivity contribution in [3.8, 4) is 26.8 Å². The highest BCUT2D eigenvalue weighted by molar-refractivity contribution is 7.18. The number of hydrogen-bond donors (Lipinski definition) is 1. The number of fused-ring (bicyclic) bond motifs is 1. The minimum Gasteiger partial charge on any atom is -0.491 e. The molecule has 172 valence electrons. The van der Waals surface area contributed by atoms with Crippen LogP contribution >= 0.6 is 11.3 Å². The van der Waals surface area contributed by atoms with E-state index in [9.17, 15) is 4.79 Å². The minimum absolute atomic E-state index is 0.0944. The molecule has 2 aromatic carbocycles. The maximum Gasteiger partial charge on any atom is 0.319 e.